The number of fused-ring (bicyclic) bond motifs is 1. The number of carbonyl (C=O) groups excluding carboxylic acids is 4. The number of nitrogens with zero attached hydrogens (tertiary/aromatic N) is 4. The van der Waals surface area contributed by atoms with E-state index < -0.39 is 35.5 Å². The molecule has 47 heavy (non-hydrogen) atoms. The highest BCUT2D eigenvalue weighted by Crippen LogP contribution is 2.33. The van der Waals surface area contributed by atoms with E-state index in [-0.39, 0.29) is 42.3 Å². The van der Waals surface area contributed by atoms with E-state index in [9.17, 15) is 28.0 Å². The van der Waals surface area contributed by atoms with Crippen LogP contribution in [0.4, 0.5) is 14.5 Å². The Morgan fingerprint density at radius 2 is 1.72 bits per heavy atom. The van der Waals surface area contributed by atoms with Crippen molar-refractivity contribution in [2.24, 2.45) is 5.92 Å². The largest absolute Gasteiger partial charge is 0.458 e. The summed E-state index contributed by atoms with van der Waals surface area (Å²) < 4.78 is 33.2. The first-order chi connectivity index (χ1) is 22.6. The summed E-state index contributed by atoms with van der Waals surface area (Å²) in [6, 6.07) is 14.3. The Kier molecular flexibility index (Phi) is 8.75. The molecule has 10 nitrogen and oxygen atoms in total. The van der Waals surface area contributed by atoms with Crippen molar-refractivity contribution < 1.29 is 32.7 Å². The molecule has 0 saturated heterocycles. The molecule has 2 aliphatic rings. The number of aromatic nitrogens is 2. The zero-order chi connectivity index (χ0) is 33.2. The standard InChI is InChI=1S/C35H31F2N5O5/c1-20-33(44)41(2)31-16-24(23-7-9-38-10-8-23)3-5-29(31)34(45)42(20)19-22-11-25(15-27(37)12-22)32(43)40-17-21-13-28(14-21)47-35(46)30-6-4-26(36)18-39-30/h3-12,15-16,18,20-21,28H,13-14,17,19H2,1-2H3,(H,40,43)/t20-,21?,28?/m1/s1. The van der Waals surface area contributed by atoms with Crippen LogP contribution in [0.5, 0.6) is 0 Å². The fourth-order valence-corrected chi connectivity index (χ4v) is 5.84. The van der Waals surface area contributed by atoms with Crippen LogP contribution in [0.1, 0.15) is 56.5 Å². The number of hydrogen-bond donors (Lipinski definition) is 1. The summed E-state index contributed by atoms with van der Waals surface area (Å²) in [6.45, 7) is 1.81. The summed E-state index contributed by atoms with van der Waals surface area (Å²) in [5, 5.41) is 2.80. The van der Waals surface area contributed by atoms with Crippen molar-refractivity contribution in [2.45, 2.75) is 38.5 Å². The zero-order valence-corrected chi connectivity index (χ0v) is 25.7. The van der Waals surface area contributed by atoms with Gasteiger partial charge in [-0.1, -0.05) is 6.07 Å². The maximum absolute atomic E-state index is 14.8. The maximum atomic E-state index is 14.8. The summed E-state index contributed by atoms with van der Waals surface area (Å²) >= 11 is 0. The number of hydrogen-bond acceptors (Lipinski definition) is 7. The van der Waals surface area contributed by atoms with Crippen LogP contribution in [0, 0.1) is 17.6 Å². The topological polar surface area (TPSA) is 122 Å². The number of halogens is 2. The van der Waals surface area contributed by atoms with Gasteiger partial charge in [-0.3, -0.25) is 19.4 Å². The van der Waals surface area contributed by atoms with Crippen molar-refractivity contribution in [2.75, 3.05) is 18.5 Å². The van der Waals surface area contributed by atoms with Crippen molar-refractivity contribution in [1.29, 1.82) is 0 Å². The Balaban J connectivity index is 1.10. The van der Waals surface area contributed by atoms with Crippen LogP contribution >= 0.6 is 0 Å². The predicted molar refractivity (Wildman–Crippen MR) is 167 cm³/mol. The van der Waals surface area contributed by atoms with Crippen molar-refractivity contribution in [3.8, 4) is 11.1 Å². The first kappa shape index (κ1) is 31.5. The number of ether oxygens (including phenoxy) is 1. The molecule has 1 fully saturated rings. The summed E-state index contributed by atoms with van der Waals surface area (Å²) in [5.41, 5.74) is 2.94. The molecule has 1 aliphatic heterocycles. The summed E-state index contributed by atoms with van der Waals surface area (Å²) in [4.78, 5) is 63.0. The molecule has 2 aromatic heterocycles. The second kappa shape index (κ2) is 13.1. The molecule has 1 N–H and O–H groups in total. The van der Waals surface area contributed by atoms with Crippen molar-refractivity contribution in [3.05, 3.63) is 113 Å². The number of carbonyl (C=O) groups is 4. The van der Waals surface area contributed by atoms with Crippen molar-refractivity contribution >= 4 is 29.4 Å². The first-order valence-corrected chi connectivity index (χ1v) is 15.1. The predicted octanol–water partition coefficient (Wildman–Crippen LogP) is 4.79. The zero-order valence-electron chi connectivity index (χ0n) is 25.7. The third-order valence-corrected chi connectivity index (χ3v) is 8.55. The van der Waals surface area contributed by atoms with E-state index in [1.165, 1.54) is 28.0 Å². The molecule has 0 bridgehead atoms. The molecule has 0 radical (unpaired) electrons. The summed E-state index contributed by atoms with van der Waals surface area (Å²) in [6.07, 6.45) is 4.96. The Morgan fingerprint density at radius 3 is 2.45 bits per heavy atom. The van der Waals surface area contributed by atoms with E-state index in [0.29, 0.717) is 29.7 Å². The van der Waals surface area contributed by atoms with Gasteiger partial charge in [0.2, 0.25) is 5.91 Å². The minimum atomic E-state index is -0.857. The number of esters is 1. The van der Waals surface area contributed by atoms with Gasteiger partial charge < -0.3 is 19.9 Å². The van der Waals surface area contributed by atoms with E-state index >= 15 is 0 Å². The van der Waals surface area contributed by atoms with E-state index in [2.05, 4.69) is 15.3 Å². The Morgan fingerprint density at radius 1 is 0.957 bits per heavy atom. The van der Waals surface area contributed by atoms with Gasteiger partial charge in [0.15, 0.2) is 0 Å². The number of rotatable bonds is 8. The molecule has 240 valence electrons. The highest BCUT2D eigenvalue weighted by Gasteiger charge is 2.36. The van der Waals surface area contributed by atoms with Crippen LogP contribution in [-0.2, 0) is 16.1 Å². The van der Waals surface area contributed by atoms with E-state index in [0.717, 1.165) is 29.5 Å². The van der Waals surface area contributed by atoms with Crippen LogP contribution in [0.25, 0.3) is 11.1 Å². The monoisotopic (exact) mass is 639 g/mol. The average molecular weight is 640 g/mol. The number of benzene rings is 2. The van der Waals surface area contributed by atoms with Crippen LogP contribution in [0.3, 0.4) is 0 Å². The van der Waals surface area contributed by atoms with Gasteiger partial charge >= 0.3 is 5.97 Å². The lowest BCUT2D eigenvalue weighted by Gasteiger charge is -2.34. The molecule has 6 rings (SSSR count). The number of anilines is 1. The second-order valence-electron chi connectivity index (χ2n) is 11.8. The molecular formula is C35H31F2N5O5. The highest BCUT2D eigenvalue weighted by molar-refractivity contribution is 6.11. The molecule has 0 spiro atoms. The lowest BCUT2D eigenvalue weighted by molar-refractivity contribution is -0.122. The minimum Gasteiger partial charge on any atom is -0.458 e. The Labute approximate surface area is 269 Å². The molecule has 12 heteroatoms. The van der Waals surface area contributed by atoms with Gasteiger partial charge in [0.1, 0.15) is 29.5 Å². The fourth-order valence-electron chi connectivity index (χ4n) is 5.84. The molecular weight excluding hydrogens is 608 g/mol. The van der Waals surface area contributed by atoms with Crippen LogP contribution in [0.2, 0.25) is 0 Å². The van der Waals surface area contributed by atoms with Gasteiger partial charge in [0.05, 0.1) is 17.4 Å². The van der Waals surface area contributed by atoms with Gasteiger partial charge in [-0.05, 0) is 97.0 Å². The Hall–Kier alpha value is -5.52. The molecule has 1 saturated carbocycles. The second-order valence-corrected chi connectivity index (χ2v) is 11.8. The molecule has 4 aromatic rings. The van der Waals surface area contributed by atoms with E-state index in [4.69, 9.17) is 4.74 Å². The van der Waals surface area contributed by atoms with Gasteiger partial charge in [-0.25, -0.2) is 18.6 Å². The lowest BCUT2D eigenvalue weighted by atomic mass is 9.82. The number of pyridine rings is 2. The average Bonchev–Trinajstić information content (AvgIpc) is 3.12. The SMILES string of the molecule is C[C@@H]1C(=O)N(C)c2cc(-c3ccncc3)ccc2C(=O)N1Cc1cc(F)cc(C(=O)NCC2CC(OC(=O)c3ccc(F)cn3)C2)c1. The lowest BCUT2D eigenvalue weighted by Crippen LogP contribution is -2.45. The summed E-state index contributed by atoms with van der Waals surface area (Å²) in [5.74, 6) is -3.01. The van der Waals surface area contributed by atoms with Crippen LogP contribution in [-0.4, -0.2) is 64.3 Å². The molecule has 0 unspecified atom stereocenters. The van der Waals surface area contributed by atoms with Crippen LogP contribution in [0.15, 0.2) is 79.3 Å². The first-order valence-electron chi connectivity index (χ1n) is 15.1. The smallest absolute Gasteiger partial charge is 0.357 e. The maximum Gasteiger partial charge on any atom is 0.357 e. The number of amides is 3. The third-order valence-electron chi connectivity index (χ3n) is 8.55. The third kappa shape index (κ3) is 6.71. The molecule has 1 atom stereocenters. The number of nitrogens with one attached hydrogen (secondary N) is 1. The van der Waals surface area contributed by atoms with Crippen molar-refractivity contribution in [1.82, 2.24) is 20.2 Å². The highest BCUT2D eigenvalue weighted by atomic mass is 19.1. The minimum absolute atomic E-state index is 0.0112. The molecule has 3 amide bonds. The van der Waals surface area contributed by atoms with Gasteiger partial charge in [0.25, 0.3) is 11.8 Å². The van der Waals surface area contributed by atoms with Crippen molar-refractivity contribution in [3.63, 3.8) is 0 Å². The van der Waals surface area contributed by atoms with Crippen LogP contribution < -0.4 is 10.2 Å². The van der Waals surface area contributed by atoms with E-state index in [1.807, 2.05) is 12.1 Å². The van der Waals surface area contributed by atoms with E-state index in [1.54, 1.807) is 44.6 Å². The Bertz CT molecular complexity index is 1850. The fraction of sp³-hybridized carbons (Fsp3) is 0.257. The number of likely N-dealkylation sites (N-methyl/N-ethyl adjacent to an activating group) is 1. The summed E-state index contributed by atoms with van der Waals surface area (Å²) in [7, 11) is 1.62. The molecule has 3 heterocycles. The quantitative estimate of drug-likeness (QED) is 0.275. The normalized spacial score (nSPS) is 19.0. The van der Waals surface area contributed by atoms with Gasteiger partial charge in [-0.15, -0.1) is 0 Å². The molecule has 1 aliphatic carbocycles. The molecule has 2 aromatic carbocycles. The van der Waals surface area contributed by atoms with Gasteiger partial charge in [-0.2, -0.15) is 0 Å². The van der Waals surface area contributed by atoms with Gasteiger partial charge in [0, 0.05) is 38.1 Å².